The smallest absolute Gasteiger partial charge is 0.507 e. The number of aromatic hydroxyl groups is 7. The van der Waals surface area contributed by atoms with E-state index >= 15 is 0 Å². The van der Waals surface area contributed by atoms with E-state index in [1.807, 2.05) is 0 Å². The number of hydrogen-bond donors (Lipinski definition) is 10. The highest BCUT2D eigenvalue weighted by Gasteiger charge is 2.52. The van der Waals surface area contributed by atoms with Crippen molar-refractivity contribution in [2.45, 2.75) is 30.7 Å². The minimum atomic E-state index is -1.94. The first kappa shape index (κ1) is 30.1. The molecule has 16 nitrogen and oxygen atoms in total. The van der Waals surface area contributed by atoms with E-state index < -0.39 is 100 Å². The van der Waals surface area contributed by atoms with E-state index in [1.165, 1.54) is 0 Å². The van der Waals surface area contributed by atoms with Crippen LogP contribution in [0.25, 0.3) is 22.6 Å². The largest absolute Gasteiger partial charge is 0.518 e. The molecule has 0 amide bonds. The van der Waals surface area contributed by atoms with E-state index in [2.05, 4.69) is 0 Å². The average Bonchev–Trinajstić information content (AvgIpc) is 2.97. The molecule has 0 saturated carbocycles. The number of esters is 1. The van der Waals surface area contributed by atoms with Gasteiger partial charge in [-0.15, -0.1) is 0 Å². The number of aliphatic hydroxyl groups is 3. The summed E-state index contributed by atoms with van der Waals surface area (Å²) in [5.41, 5.74) is -1.14. The van der Waals surface area contributed by atoms with Crippen molar-refractivity contribution in [3.8, 4) is 68.6 Å². The number of rotatable bonds is 6. The zero-order valence-electron chi connectivity index (χ0n) is 22.1. The van der Waals surface area contributed by atoms with Crippen molar-refractivity contribution in [2.75, 3.05) is 6.61 Å². The summed E-state index contributed by atoms with van der Waals surface area (Å²) in [6.07, 6.45) is -8.95. The van der Waals surface area contributed by atoms with E-state index in [4.69, 9.17) is 18.6 Å². The van der Waals surface area contributed by atoms with Crippen LogP contribution in [0.1, 0.15) is 5.56 Å². The third-order valence-corrected chi connectivity index (χ3v) is 6.77. The van der Waals surface area contributed by atoms with E-state index in [0.717, 1.165) is 42.5 Å². The standard InChI is InChI=1S/C28H24O16/c29-8-20-23(38)24(39)26(44-27(40)10-2-14(32)21(36)15(33)3-10)28(43-20)42-19-4-9(1-16(34)22(19)37)25-17(35)7-12-13(31)5-11(30)6-18(12)41-25/h1-7,20,23-24,26,28-29,31-39H,8H2/p+1. The van der Waals surface area contributed by atoms with Gasteiger partial charge in [0.1, 0.15) is 29.3 Å². The van der Waals surface area contributed by atoms with Gasteiger partial charge in [0, 0.05) is 29.8 Å². The Morgan fingerprint density at radius 3 is 2.11 bits per heavy atom. The van der Waals surface area contributed by atoms with Crippen LogP contribution in [0, 0.1) is 0 Å². The minimum absolute atomic E-state index is 0.00478. The summed E-state index contributed by atoms with van der Waals surface area (Å²) >= 11 is 0. The second kappa shape index (κ2) is 11.3. The first-order chi connectivity index (χ1) is 20.8. The molecule has 11 N–H and O–H groups in total. The van der Waals surface area contributed by atoms with E-state index in [-0.39, 0.29) is 22.6 Å². The Balaban J connectivity index is 1.52. The molecule has 0 spiro atoms. The Hall–Kier alpha value is -5.42. The summed E-state index contributed by atoms with van der Waals surface area (Å²) in [6.45, 7) is -0.837. The molecule has 1 aliphatic carbocycles. The lowest BCUT2D eigenvalue weighted by atomic mass is 9.99. The van der Waals surface area contributed by atoms with Gasteiger partial charge in [0.15, 0.2) is 51.8 Å². The molecule has 5 unspecified atom stereocenters. The molecule has 1 fully saturated rings. The topological polar surface area (TPSA) is 282 Å². The Morgan fingerprint density at radius 1 is 0.795 bits per heavy atom. The molecule has 2 aromatic rings. The molecule has 2 heterocycles. The second-order valence-corrected chi connectivity index (χ2v) is 9.73. The highest BCUT2D eigenvalue weighted by molar-refractivity contribution is 5.92. The van der Waals surface area contributed by atoms with Crippen molar-refractivity contribution in [3.05, 3.63) is 58.3 Å². The van der Waals surface area contributed by atoms with Gasteiger partial charge < -0.3 is 74.5 Å². The van der Waals surface area contributed by atoms with Crippen molar-refractivity contribution in [1.82, 2.24) is 0 Å². The summed E-state index contributed by atoms with van der Waals surface area (Å²) < 4.78 is 22.0. The number of ether oxygens (including phenoxy) is 3. The monoisotopic (exact) mass is 617 g/mol. The summed E-state index contributed by atoms with van der Waals surface area (Å²) in [4.78, 5) is 22.4. The number of phenols is 6. The molecule has 1 saturated heterocycles. The van der Waals surface area contributed by atoms with Crippen LogP contribution in [0.4, 0.5) is 0 Å². The zero-order chi connectivity index (χ0) is 32.0. The van der Waals surface area contributed by atoms with Crippen LogP contribution in [0.2, 0.25) is 0 Å². The van der Waals surface area contributed by atoms with Crippen LogP contribution in [0.3, 0.4) is 0 Å². The molecule has 16 heteroatoms. The first-order valence-electron chi connectivity index (χ1n) is 12.6. The highest BCUT2D eigenvalue weighted by atomic mass is 16.7. The van der Waals surface area contributed by atoms with Gasteiger partial charge in [-0.1, -0.05) is 0 Å². The van der Waals surface area contributed by atoms with Crippen LogP contribution < -0.4 is 10.2 Å². The molecule has 3 aliphatic rings. The third-order valence-electron chi connectivity index (χ3n) is 6.77. The molecule has 232 valence electrons. The highest BCUT2D eigenvalue weighted by Crippen LogP contribution is 2.45. The molecule has 0 aromatic heterocycles. The number of phenolic OH excluding ortho intramolecular Hbond substituents is 6. The first-order valence-corrected chi connectivity index (χ1v) is 12.6. The van der Waals surface area contributed by atoms with Gasteiger partial charge in [-0.05, 0) is 18.2 Å². The Bertz CT molecular complexity index is 1740. The number of fused-ring (bicyclic) bond motifs is 1. The van der Waals surface area contributed by atoms with E-state index in [9.17, 15) is 60.7 Å². The lowest BCUT2D eigenvalue weighted by Gasteiger charge is -2.38. The zero-order valence-corrected chi connectivity index (χ0v) is 22.1. The van der Waals surface area contributed by atoms with Crippen molar-refractivity contribution in [3.63, 3.8) is 0 Å². The average molecular weight is 617 g/mol. The second-order valence-electron chi connectivity index (χ2n) is 9.73. The predicted molar refractivity (Wildman–Crippen MR) is 144 cm³/mol. The molecule has 0 bridgehead atoms. The van der Waals surface area contributed by atoms with Crippen LogP contribution in [-0.2, 0) is 9.47 Å². The summed E-state index contributed by atoms with van der Waals surface area (Å²) in [5.74, 6) is -7.44. The lowest BCUT2D eigenvalue weighted by molar-refractivity contribution is -0.274. The maximum atomic E-state index is 11.8. The normalized spacial score (nSPS) is 21.7. The van der Waals surface area contributed by atoms with Crippen molar-refractivity contribution in [2.24, 2.45) is 0 Å². The molecular formula is C28H25O16+. The van der Waals surface area contributed by atoms with Crippen LogP contribution in [0.15, 0.2) is 51.7 Å². The van der Waals surface area contributed by atoms with Gasteiger partial charge >= 0.3 is 5.97 Å². The van der Waals surface area contributed by atoms with Gasteiger partial charge in [-0.25, -0.2) is 0 Å². The summed E-state index contributed by atoms with van der Waals surface area (Å²) in [6, 6.07) is 6.62. The van der Waals surface area contributed by atoms with Crippen molar-refractivity contribution in [1.29, 1.82) is 0 Å². The van der Waals surface area contributed by atoms with Crippen molar-refractivity contribution >= 4 is 5.97 Å². The SMILES string of the molecule is O=c1cc2oc(-c3cc(O)c(O)c(OC4OC(CO)C(O)C(O)C4OC(=[OH+])c4cc(O)c(O)c(O)c4)c3)c(O)cc-2c(O)c1. The maximum absolute atomic E-state index is 11.8. The molecule has 44 heavy (non-hydrogen) atoms. The molecule has 2 aliphatic heterocycles. The van der Waals surface area contributed by atoms with Crippen LogP contribution >= 0.6 is 0 Å². The fraction of sp³-hybridized carbons (Fsp3) is 0.214. The summed E-state index contributed by atoms with van der Waals surface area (Å²) in [5, 5.41) is 101. The van der Waals surface area contributed by atoms with Crippen LogP contribution in [0.5, 0.6) is 46.0 Å². The fourth-order valence-electron chi connectivity index (χ4n) is 4.53. The van der Waals surface area contributed by atoms with Crippen molar-refractivity contribution < 1.29 is 74.5 Å². The van der Waals surface area contributed by atoms with Crippen LogP contribution in [-0.4, -0.2) is 99.1 Å². The fourth-order valence-corrected chi connectivity index (χ4v) is 4.53. The van der Waals surface area contributed by atoms with Gasteiger partial charge in [-0.2, -0.15) is 0 Å². The quantitative estimate of drug-likeness (QED) is 0.0780. The van der Waals surface area contributed by atoms with E-state index in [1.54, 1.807) is 0 Å². The van der Waals surface area contributed by atoms with Gasteiger partial charge in [0.05, 0.1) is 12.2 Å². The van der Waals surface area contributed by atoms with E-state index in [0.29, 0.717) is 0 Å². The molecule has 5 atom stereocenters. The molecule has 0 radical (unpaired) electrons. The Morgan fingerprint density at radius 2 is 1.45 bits per heavy atom. The Labute approximate surface area is 245 Å². The third kappa shape index (κ3) is 5.40. The molecule has 2 aromatic carbocycles. The number of hydrogen-bond acceptors (Lipinski definition) is 15. The number of carbonyl (C=O) groups excluding carboxylic acids is 1. The minimum Gasteiger partial charge on any atom is -0.507 e. The Kier molecular flexibility index (Phi) is 7.75. The lowest BCUT2D eigenvalue weighted by Crippen LogP contribution is -2.61. The van der Waals surface area contributed by atoms with Gasteiger partial charge in [0.2, 0.25) is 5.75 Å². The predicted octanol–water partition coefficient (Wildman–Crippen LogP) is 0.104. The maximum Gasteiger partial charge on any atom is 0.518 e. The number of aliphatic hydroxyl groups excluding tert-OH is 3. The van der Waals surface area contributed by atoms with Gasteiger partial charge in [0.25, 0.3) is 12.4 Å². The molecule has 5 rings (SSSR count). The molecular weight excluding hydrogens is 592 g/mol. The van der Waals surface area contributed by atoms with Gasteiger partial charge in [-0.3, -0.25) is 4.79 Å². The summed E-state index contributed by atoms with van der Waals surface area (Å²) in [7, 11) is 0. The number of benzene rings is 3.